The lowest BCUT2D eigenvalue weighted by molar-refractivity contribution is 0.726. The highest BCUT2D eigenvalue weighted by atomic mass is 79.9. The Morgan fingerprint density at radius 3 is 3.17 bits per heavy atom. The number of halogens is 1. The predicted octanol–water partition coefficient (Wildman–Crippen LogP) is 2.42. The van der Waals surface area contributed by atoms with Crippen LogP contribution in [-0.2, 0) is 6.42 Å². The normalized spacial score (nSPS) is 22.0. The monoisotopic (exact) mass is 243 g/mol. The summed E-state index contributed by atoms with van der Waals surface area (Å²) in [6, 6.07) is 6.75. The zero-order valence-corrected chi connectivity index (χ0v) is 8.99. The molecule has 3 heteroatoms. The molecule has 0 spiro atoms. The molecule has 2 N–H and O–H groups in total. The lowest BCUT2D eigenvalue weighted by Gasteiger charge is -2.20. The Hall–Kier alpha value is 0.01000. The van der Waals surface area contributed by atoms with Crippen LogP contribution < -0.4 is 5.73 Å². The molecule has 0 radical (unpaired) electrons. The first-order valence-electron chi connectivity index (χ1n) is 3.92. The molecule has 0 bridgehead atoms. The molecule has 12 heavy (non-hydrogen) atoms. The molecule has 0 saturated carbocycles. The second-order valence-corrected chi connectivity index (χ2v) is 5.00. The maximum absolute atomic E-state index is 5.86. The van der Waals surface area contributed by atoms with Crippen molar-refractivity contribution in [3.63, 3.8) is 0 Å². The molecular weight excluding hydrogens is 234 g/mol. The van der Waals surface area contributed by atoms with Crippen LogP contribution in [0.4, 0.5) is 0 Å². The largest absolute Gasteiger partial charge is 0.327 e. The smallest absolute Gasteiger partial charge is 0.0178 e. The minimum atomic E-state index is 0.330. The van der Waals surface area contributed by atoms with Gasteiger partial charge in [0.2, 0.25) is 0 Å². The first kappa shape index (κ1) is 8.60. The van der Waals surface area contributed by atoms with Crippen LogP contribution in [0.1, 0.15) is 5.56 Å². The lowest BCUT2D eigenvalue weighted by Crippen LogP contribution is -2.28. The molecule has 0 fully saturated rings. The van der Waals surface area contributed by atoms with Gasteiger partial charge in [-0.3, -0.25) is 0 Å². The highest BCUT2D eigenvalue weighted by Crippen LogP contribution is 2.31. The van der Waals surface area contributed by atoms with Gasteiger partial charge < -0.3 is 5.73 Å². The number of benzene rings is 1. The molecule has 1 aromatic rings. The quantitative estimate of drug-likeness (QED) is 0.758. The minimum Gasteiger partial charge on any atom is -0.327 e. The van der Waals surface area contributed by atoms with E-state index >= 15 is 0 Å². The van der Waals surface area contributed by atoms with Gasteiger partial charge in [-0.25, -0.2) is 0 Å². The summed E-state index contributed by atoms with van der Waals surface area (Å²) in [7, 11) is 0. The second-order valence-electron chi connectivity index (χ2n) is 3.03. The van der Waals surface area contributed by atoms with Crippen molar-refractivity contribution < 1.29 is 0 Å². The van der Waals surface area contributed by atoms with E-state index < -0.39 is 0 Å². The van der Waals surface area contributed by atoms with Crippen molar-refractivity contribution in [1.82, 2.24) is 0 Å². The molecule has 0 amide bonds. The van der Waals surface area contributed by atoms with Crippen molar-refractivity contribution >= 4 is 27.7 Å². The summed E-state index contributed by atoms with van der Waals surface area (Å²) in [4.78, 5) is 1.39. The summed E-state index contributed by atoms with van der Waals surface area (Å²) >= 11 is 5.32. The number of hydrogen-bond acceptors (Lipinski definition) is 2. The zero-order valence-electron chi connectivity index (χ0n) is 6.59. The first-order valence-corrected chi connectivity index (χ1v) is 5.70. The van der Waals surface area contributed by atoms with Gasteiger partial charge >= 0.3 is 0 Å². The molecule has 0 unspecified atom stereocenters. The summed E-state index contributed by atoms with van der Waals surface area (Å²) in [5, 5.41) is 0. The van der Waals surface area contributed by atoms with E-state index in [0.29, 0.717) is 6.04 Å². The predicted molar refractivity (Wildman–Crippen MR) is 56.5 cm³/mol. The minimum absolute atomic E-state index is 0.330. The van der Waals surface area contributed by atoms with Crippen molar-refractivity contribution in [3.05, 3.63) is 28.2 Å². The van der Waals surface area contributed by atoms with Gasteiger partial charge in [-0.05, 0) is 30.2 Å². The maximum atomic E-state index is 5.86. The average Bonchev–Trinajstić information content (AvgIpc) is 2.03. The molecule has 1 atom stereocenters. The lowest BCUT2D eigenvalue weighted by atomic mass is 10.1. The molecule has 2 rings (SSSR count). The number of hydrogen-bond donors (Lipinski definition) is 1. The molecular formula is C9H10BrNS. The highest BCUT2D eigenvalue weighted by molar-refractivity contribution is 9.10. The van der Waals surface area contributed by atoms with E-state index in [-0.39, 0.29) is 0 Å². The van der Waals surface area contributed by atoms with Crippen molar-refractivity contribution in [3.8, 4) is 0 Å². The van der Waals surface area contributed by atoms with Gasteiger partial charge in [-0.15, -0.1) is 11.8 Å². The van der Waals surface area contributed by atoms with Crippen molar-refractivity contribution in [2.75, 3.05) is 5.75 Å². The SMILES string of the molecule is N[C@H]1CSc2ccc(Br)cc2C1. The Morgan fingerprint density at radius 1 is 1.50 bits per heavy atom. The first-order chi connectivity index (χ1) is 5.75. The Morgan fingerprint density at radius 2 is 2.33 bits per heavy atom. The third-order valence-corrected chi connectivity index (χ3v) is 3.75. The Kier molecular flexibility index (Phi) is 2.44. The highest BCUT2D eigenvalue weighted by Gasteiger charge is 2.15. The molecule has 0 aromatic heterocycles. The molecule has 1 heterocycles. The van der Waals surface area contributed by atoms with Gasteiger partial charge in [-0.1, -0.05) is 15.9 Å². The topological polar surface area (TPSA) is 26.0 Å². The van der Waals surface area contributed by atoms with E-state index in [1.165, 1.54) is 10.5 Å². The molecule has 1 nitrogen and oxygen atoms in total. The van der Waals surface area contributed by atoms with Crippen LogP contribution in [0.15, 0.2) is 27.6 Å². The van der Waals surface area contributed by atoms with Gasteiger partial charge in [0, 0.05) is 21.2 Å². The van der Waals surface area contributed by atoms with Gasteiger partial charge in [0.25, 0.3) is 0 Å². The van der Waals surface area contributed by atoms with E-state index in [9.17, 15) is 0 Å². The number of nitrogens with two attached hydrogens (primary N) is 1. The van der Waals surface area contributed by atoms with Crippen LogP contribution in [0.2, 0.25) is 0 Å². The van der Waals surface area contributed by atoms with Crippen LogP contribution in [0, 0.1) is 0 Å². The second kappa shape index (κ2) is 3.40. The maximum Gasteiger partial charge on any atom is 0.0178 e. The third-order valence-electron chi connectivity index (χ3n) is 1.96. The van der Waals surface area contributed by atoms with Crippen molar-refractivity contribution in [2.24, 2.45) is 5.73 Å². The zero-order chi connectivity index (χ0) is 8.55. The van der Waals surface area contributed by atoms with Gasteiger partial charge in [-0.2, -0.15) is 0 Å². The van der Waals surface area contributed by atoms with E-state index in [1.54, 1.807) is 0 Å². The van der Waals surface area contributed by atoms with Gasteiger partial charge in [0.05, 0.1) is 0 Å². The molecule has 0 aliphatic carbocycles. The molecule has 1 aliphatic rings. The summed E-state index contributed by atoms with van der Waals surface area (Å²) in [5.41, 5.74) is 7.25. The van der Waals surface area contributed by atoms with Gasteiger partial charge in [0.1, 0.15) is 0 Å². The fourth-order valence-electron chi connectivity index (χ4n) is 1.39. The summed E-state index contributed by atoms with van der Waals surface area (Å²) in [6.07, 6.45) is 1.02. The van der Waals surface area contributed by atoms with Crippen LogP contribution in [0.3, 0.4) is 0 Å². The van der Waals surface area contributed by atoms with Crippen molar-refractivity contribution in [2.45, 2.75) is 17.4 Å². The summed E-state index contributed by atoms with van der Waals surface area (Å²) in [5.74, 6) is 1.05. The van der Waals surface area contributed by atoms with Gasteiger partial charge in [0.15, 0.2) is 0 Å². The summed E-state index contributed by atoms with van der Waals surface area (Å²) < 4.78 is 1.15. The fraction of sp³-hybridized carbons (Fsp3) is 0.333. The van der Waals surface area contributed by atoms with Crippen LogP contribution in [-0.4, -0.2) is 11.8 Å². The Balaban J connectivity index is 2.37. The van der Waals surface area contributed by atoms with E-state index in [4.69, 9.17) is 5.73 Å². The third kappa shape index (κ3) is 1.68. The van der Waals surface area contributed by atoms with E-state index in [0.717, 1.165) is 16.6 Å². The molecule has 1 aromatic carbocycles. The van der Waals surface area contributed by atoms with Crippen LogP contribution >= 0.6 is 27.7 Å². The van der Waals surface area contributed by atoms with Crippen LogP contribution in [0.25, 0.3) is 0 Å². The number of fused-ring (bicyclic) bond motifs is 1. The summed E-state index contributed by atoms with van der Waals surface area (Å²) in [6.45, 7) is 0. The fourth-order valence-corrected chi connectivity index (χ4v) is 2.80. The molecule has 64 valence electrons. The van der Waals surface area contributed by atoms with E-state index in [2.05, 4.69) is 34.1 Å². The standard InChI is InChI=1S/C9H10BrNS/c10-7-1-2-9-6(3-7)4-8(11)5-12-9/h1-3,8H,4-5,11H2/t8-/m1/s1. The van der Waals surface area contributed by atoms with Crippen LogP contribution in [0.5, 0.6) is 0 Å². The number of rotatable bonds is 0. The molecule has 0 saturated heterocycles. The number of thioether (sulfide) groups is 1. The molecule has 1 aliphatic heterocycles. The van der Waals surface area contributed by atoms with Crippen molar-refractivity contribution in [1.29, 1.82) is 0 Å². The average molecular weight is 244 g/mol. The Bertz CT molecular complexity index is 301. The van der Waals surface area contributed by atoms with E-state index in [1.807, 2.05) is 11.8 Å². The Labute approximate surface area is 84.9 Å².